The van der Waals surface area contributed by atoms with Gasteiger partial charge in [0.25, 0.3) is 5.91 Å². The van der Waals surface area contributed by atoms with Gasteiger partial charge < -0.3 is 20.8 Å². The fourth-order valence-electron chi connectivity index (χ4n) is 1.29. The largest absolute Gasteiger partial charge is 0.479 e. The third-order valence-electron chi connectivity index (χ3n) is 2.24. The van der Waals surface area contributed by atoms with Gasteiger partial charge in [0.05, 0.1) is 6.54 Å². The van der Waals surface area contributed by atoms with Gasteiger partial charge >= 0.3 is 11.9 Å². The molecular weight excluding hydrogens is 268 g/mol. The minimum atomic E-state index is -2.05. The Morgan fingerprint density at radius 2 is 1.55 bits per heavy atom. The van der Waals surface area contributed by atoms with E-state index in [-0.39, 0.29) is 0 Å². The van der Waals surface area contributed by atoms with Crippen molar-refractivity contribution in [3.8, 4) is 0 Å². The minimum Gasteiger partial charge on any atom is -0.479 e. The van der Waals surface area contributed by atoms with Crippen molar-refractivity contribution >= 4 is 23.8 Å². The second-order valence-electron chi connectivity index (χ2n) is 3.73. The first kappa shape index (κ1) is 15.2. The van der Waals surface area contributed by atoms with Crippen LogP contribution in [-0.4, -0.2) is 46.6 Å². The van der Waals surface area contributed by atoms with E-state index in [0.717, 1.165) is 0 Å². The Hall–Kier alpha value is -2.90. The summed E-state index contributed by atoms with van der Waals surface area (Å²) in [7, 11) is 0. The van der Waals surface area contributed by atoms with E-state index in [4.69, 9.17) is 10.2 Å². The fourth-order valence-corrected chi connectivity index (χ4v) is 1.29. The molecule has 1 rings (SSSR count). The molecule has 0 radical (unpaired) electrons. The normalized spacial score (nSPS) is 9.85. The van der Waals surface area contributed by atoms with Crippen LogP contribution < -0.4 is 10.6 Å². The number of carbonyl (C=O) groups excluding carboxylic acids is 2. The molecule has 0 aliphatic rings. The molecule has 0 saturated heterocycles. The molecule has 2 amide bonds. The van der Waals surface area contributed by atoms with Crippen LogP contribution >= 0.6 is 0 Å². The van der Waals surface area contributed by atoms with Crippen molar-refractivity contribution in [3.63, 3.8) is 0 Å². The van der Waals surface area contributed by atoms with Gasteiger partial charge in [-0.1, -0.05) is 18.2 Å². The second kappa shape index (κ2) is 6.88. The van der Waals surface area contributed by atoms with E-state index in [9.17, 15) is 19.2 Å². The van der Waals surface area contributed by atoms with E-state index in [1.165, 1.54) is 12.1 Å². The third kappa shape index (κ3) is 4.41. The van der Waals surface area contributed by atoms with Gasteiger partial charge in [0, 0.05) is 5.56 Å². The summed E-state index contributed by atoms with van der Waals surface area (Å²) in [5.74, 6) is -4.83. The summed E-state index contributed by atoms with van der Waals surface area (Å²) in [6.45, 7) is -0.523. The number of carbonyl (C=O) groups is 4. The predicted molar refractivity (Wildman–Crippen MR) is 66.0 cm³/mol. The highest BCUT2D eigenvalue weighted by molar-refractivity contribution is 6.02. The Morgan fingerprint density at radius 3 is 2.05 bits per heavy atom. The number of carboxylic acids is 2. The minimum absolute atomic E-state index is 0.327. The van der Waals surface area contributed by atoms with Gasteiger partial charge in [-0.3, -0.25) is 9.59 Å². The monoisotopic (exact) mass is 280 g/mol. The molecule has 0 atom stereocenters. The first-order valence-electron chi connectivity index (χ1n) is 5.50. The van der Waals surface area contributed by atoms with Crippen LogP contribution in [0.5, 0.6) is 0 Å². The lowest BCUT2D eigenvalue weighted by Crippen LogP contribution is -2.49. The van der Waals surface area contributed by atoms with Crippen LogP contribution in [0, 0.1) is 0 Å². The number of benzene rings is 1. The van der Waals surface area contributed by atoms with Crippen LogP contribution in [0.3, 0.4) is 0 Å². The van der Waals surface area contributed by atoms with Crippen molar-refractivity contribution in [1.82, 2.24) is 10.6 Å². The zero-order valence-corrected chi connectivity index (χ0v) is 10.2. The molecule has 0 heterocycles. The van der Waals surface area contributed by atoms with E-state index >= 15 is 0 Å². The molecule has 0 fully saturated rings. The molecule has 106 valence electrons. The number of amides is 2. The molecular formula is C12H12N2O6. The maximum absolute atomic E-state index is 11.6. The van der Waals surface area contributed by atoms with Crippen LogP contribution in [0.1, 0.15) is 10.4 Å². The molecule has 0 spiro atoms. The van der Waals surface area contributed by atoms with E-state index in [1.54, 1.807) is 23.5 Å². The average Bonchev–Trinajstić information content (AvgIpc) is 2.42. The quantitative estimate of drug-likeness (QED) is 0.498. The van der Waals surface area contributed by atoms with Crippen LogP contribution in [-0.2, 0) is 14.4 Å². The summed E-state index contributed by atoms with van der Waals surface area (Å²) in [6.07, 6.45) is 0. The maximum atomic E-state index is 11.6. The summed E-state index contributed by atoms with van der Waals surface area (Å²) >= 11 is 0. The summed E-state index contributed by atoms with van der Waals surface area (Å²) in [4.78, 5) is 44.0. The van der Waals surface area contributed by atoms with Crippen LogP contribution in [0.4, 0.5) is 0 Å². The topological polar surface area (TPSA) is 133 Å². The Morgan fingerprint density at radius 1 is 1.00 bits per heavy atom. The Kier molecular flexibility index (Phi) is 5.21. The summed E-state index contributed by atoms with van der Waals surface area (Å²) in [6, 6.07) is 6.01. The molecule has 0 aromatic heterocycles. The molecule has 0 aliphatic carbocycles. The Balaban J connectivity index is 2.49. The van der Waals surface area contributed by atoms with E-state index < -0.39 is 36.3 Å². The second-order valence-corrected chi connectivity index (χ2v) is 3.73. The van der Waals surface area contributed by atoms with Crippen molar-refractivity contribution in [2.45, 2.75) is 6.04 Å². The first-order chi connectivity index (χ1) is 9.41. The predicted octanol–water partition coefficient (Wildman–Crippen LogP) is -0.930. The van der Waals surface area contributed by atoms with Crippen molar-refractivity contribution in [3.05, 3.63) is 35.9 Å². The SMILES string of the molecule is O=C(CNC(=O)c1ccccc1)NC(C(=O)O)C(=O)O. The number of carboxylic acid groups (broad SMARTS) is 2. The zero-order valence-electron chi connectivity index (χ0n) is 10.2. The van der Waals surface area contributed by atoms with Crippen LogP contribution in [0.15, 0.2) is 30.3 Å². The van der Waals surface area contributed by atoms with Crippen molar-refractivity contribution in [2.75, 3.05) is 6.54 Å². The van der Waals surface area contributed by atoms with E-state index in [2.05, 4.69) is 5.32 Å². The maximum Gasteiger partial charge on any atom is 0.338 e. The van der Waals surface area contributed by atoms with Gasteiger partial charge in [-0.25, -0.2) is 9.59 Å². The highest BCUT2D eigenvalue weighted by Crippen LogP contribution is 1.97. The number of aliphatic carboxylic acids is 2. The van der Waals surface area contributed by atoms with E-state index in [1.807, 2.05) is 0 Å². The van der Waals surface area contributed by atoms with Crippen LogP contribution in [0.25, 0.3) is 0 Å². The molecule has 20 heavy (non-hydrogen) atoms. The number of rotatable bonds is 6. The zero-order chi connectivity index (χ0) is 15.1. The lowest BCUT2D eigenvalue weighted by atomic mass is 10.2. The lowest BCUT2D eigenvalue weighted by molar-refractivity contribution is -0.153. The molecule has 0 saturated carbocycles. The molecule has 8 heteroatoms. The van der Waals surface area contributed by atoms with Gasteiger partial charge in [0.15, 0.2) is 0 Å². The van der Waals surface area contributed by atoms with Gasteiger partial charge in [-0.15, -0.1) is 0 Å². The third-order valence-corrected chi connectivity index (χ3v) is 2.24. The van der Waals surface area contributed by atoms with Crippen molar-refractivity contribution < 1.29 is 29.4 Å². The smallest absolute Gasteiger partial charge is 0.338 e. The van der Waals surface area contributed by atoms with Gasteiger partial charge in [0.2, 0.25) is 11.9 Å². The molecule has 0 bridgehead atoms. The Labute approximate surface area is 113 Å². The van der Waals surface area contributed by atoms with Crippen LogP contribution in [0.2, 0.25) is 0 Å². The summed E-state index contributed by atoms with van der Waals surface area (Å²) < 4.78 is 0. The number of nitrogens with one attached hydrogen (secondary N) is 2. The van der Waals surface area contributed by atoms with E-state index in [0.29, 0.717) is 5.56 Å². The van der Waals surface area contributed by atoms with Crippen molar-refractivity contribution in [2.24, 2.45) is 0 Å². The van der Waals surface area contributed by atoms with Gasteiger partial charge in [-0.2, -0.15) is 0 Å². The highest BCUT2D eigenvalue weighted by Gasteiger charge is 2.27. The fraction of sp³-hybridized carbons (Fsp3) is 0.167. The standard InChI is InChI=1S/C12H12N2O6/c15-8(14-9(11(17)18)12(19)20)6-13-10(16)7-4-2-1-3-5-7/h1-5,9H,6H2,(H,13,16)(H,14,15)(H,17,18)(H,19,20). The highest BCUT2D eigenvalue weighted by atomic mass is 16.4. The van der Waals surface area contributed by atoms with Gasteiger partial charge in [-0.05, 0) is 12.1 Å². The number of hydrogen-bond donors (Lipinski definition) is 4. The summed E-state index contributed by atoms with van der Waals surface area (Å²) in [5.41, 5.74) is 0.327. The molecule has 1 aromatic carbocycles. The van der Waals surface area contributed by atoms with Gasteiger partial charge in [0.1, 0.15) is 0 Å². The summed E-state index contributed by atoms with van der Waals surface area (Å²) in [5, 5.41) is 21.1. The van der Waals surface area contributed by atoms with Crippen molar-refractivity contribution in [1.29, 1.82) is 0 Å². The molecule has 4 N–H and O–H groups in total. The lowest BCUT2D eigenvalue weighted by Gasteiger charge is -2.10. The number of hydrogen-bond acceptors (Lipinski definition) is 4. The Bertz CT molecular complexity index is 514. The molecule has 0 aliphatic heterocycles. The molecule has 8 nitrogen and oxygen atoms in total. The molecule has 0 unspecified atom stereocenters. The first-order valence-corrected chi connectivity index (χ1v) is 5.50. The average molecular weight is 280 g/mol. The molecule has 1 aromatic rings.